The Morgan fingerprint density at radius 1 is 1.12 bits per heavy atom. The Morgan fingerprint density at radius 2 is 1.81 bits per heavy atom. The van der Waals surface area contributed by atoms with Crippen LogP contribution >= 0.6 is 12.4 Å². The molecule has 1 saturated carbocycles. The molecule has 2 rings (SSSR count). The molecule has 0 heterocycles. The highest BCUT2D eigenvalue weighted by molar-refractivity contribution is 5.91. The van der Waals surface area contributed by atoms with E-state index < -0.39 is 0 Å². The number of allylic oxidation sites excluding steroid dienone is 2. The number of rotatable bonds is 2. The van der Waals surface area contributed by atoms with E-state index in [9.17, 15) is 4.79 Å². The van der Waals surface area contributed by atoms with Crippen molar-refractivity contribution in [1.29, 1.82) is 0 Å². The molecule has 16 heavy (non-hydrogen) atoms. The van der Waals surface area contributed by atoms with Crippen molar-refractivity contribution in [1.82, 2.24) is 4.90 Å². The number of hydrogen-bond donors (Lipinski definition) is 0. The Labute approximate surface area is 104 Å². The zero-order valence-electron chi connectivity index (χ0n) is 10.1. The molecule has 0 aliphatic heterocycles. The van der Waals surface area contributed by atoms with Crippen LogP contribution in [0.2, 0.25) is 0 Å². The quantitative estimate of drug-likeness (QED) is 0.742. The number of carbonyl (C=O) groups excluding carboxylic acids is 1. The van der Waals surface area contributed by atoms with Gasteiger partial charge in [-0.25, -0.2) is 0 Å². The first-order chi connectivity index (χ1) is 7.27. The van der Waals surface area contributed by atoms with Crippen LogP contribution in [0.3, 0.4) is 0 Å². The average Bonchev–Trinajstić information content (AvgIpc) is 2.29. The molecule has 0 saturated heterocycles. The van der Waals surface area contributed by atoms with Gasteiger partial charge in [-0.2, -0.15) is 0 Å². The van der Waals surface area contributed by atoms with Crippen molar-refractivity contribution < 1.29 is 4.79 Å². The molecular formula is C13H22ClNO. The Morgan fingerprint density at radius 3 is 2.44 bits per heavy atom. The van der Waals surface area contributed by atoms with E-state index in [0.29, 0.717) is 11.8 Å². The van der Waals surface area contributed by atoms with Crippen LogP contribution in [0.4, 0.5) is 0 Å². The minimum absolute atomic E-state index is 0. The molecule has 0 aromatic carbocycles. The Bertz CT molecular complexity index is 269. The van der Waals surface area contributed by atoms with Crippen molar-refractivity contribution in [2.75, 3.05) is 7.05 Å². The SMILES string of the molecule is CN(C1=CC(=O)CCC1)C1CCCCC1.Cl. The smallest absolute Gasteiger partial charge is 0.157 e. The lowest BCUT2D eigenvalue weighted by Gasteiger charge is -2.35. The van der Waals surface area contributed by atoms with E-state index in [1.807, 2.05) is 6.08 Å². The molecule has 0 radical (unpaired) electrons. The number of ketones is 1. The maximum absolute atomic E-state index is 11.4. The van der Waals surface area contributed by atoms with Crippen molar-refractivity contribution in [3.8, 4) is 0 Å². The molecule has 2 aliphatic carbocycles. The van der Waals surface area contributed by atoms with Gasteiger partial charge in [-0.05, 0) is 25.7 Å². The summed E-state index contributed by atoms with van der Waals surface area (Å²) in [6.45, 7) is 0. The van der Waals surface area contributed by atoms with Gasteiger partial charge in [0, 0.05) is 31.3 Å². The van der Waals surface area contributed by atoms with Crippen molar-refractivity contribution in [2.24, 2.45) is 0 Å². The van der Waals surface area contributed by atoms with Crippen molar-refractivity contribution in [3.05, 3.63) is 11.8 Å². The Hall–Kier alpha value is -0.500. The van der Waals surface area contributed by atoms with Crippen LogP contribution in [-0.4, -0.2) is 23.8 Å². The van der Waals surface area contributed by atoms with Gasteiger partial charge in [0.05, 0.1) is 0 Å². The highest BCUT2D eigenvalue weighted by Crippen LogP contribution is 2.27. The summed E-state index contributed by atoms with van der Waals surface area (Å²) in [7, 11) is 2.17. The van der Waals surface area contributed by atoms with Crippen LogP contribution in [0.15, 0.2) is 11.8 Å². The molecule has 2 nitrogen and oxygen atoms in total. The molecule has 0 unspecified atom stereocenters. The second-order valence-corrected chi connectivity index (χ2v) is 4.86. The summed E-state index contributed by atoms with van der Waals surface area (Å²) in [5.41, 5.74) is 1.28. The van der Waals surface area contributed by atoms with Gasteiger partial charge in [0.2, 0.25) is 0 Å². The lowest BCUT2D eigenvalue weighted by molar-refractivity contribution is -0.115. The van der Waals surface area contributed by atoms with E-state index in [0.717, 1.165) is 19.3 Å². The monoisotopic (exact) mass is 243 g/mol. The third kappa shape index (κ3) is 3.24. The normalized spacial score (nSPS) is 22.3. The van der Waals surface area contributed by atoms with Crippen LogP contribution in [-0.2, 0) is 4.79 Å². The van der Waals surface area contributed by atoms with Crippen LogP contribution in [0.5, 0.6) is 0 Å². The predicted molar refractivity (Wildman–Crippen MR) is 68.8 cm³/mol. The number of halogens is 1. The summed E-state index contributed by atoms with van der Waals surface area (Å²) in [6, 6.07) is 0.691. The first kappa shape index (κ1) is 13.6. The standard InChI is InChI=1S/C13H21NO.ClH/c1-14(11-6-3-2-4-7-11)12-8-5-9-13(15)10-12;/h10-11H,2-9H2,1H3;1H. The van der Waals surface area contributed by atoms with Crippen LogP contribution in [0, 0.1) is 0 Å². The number of hydrogen-bond acceptors (Lipinski definition) is 2. The fourth-order valence-electron chi connectivity index (χ4n) is 2.75. The predicted octanol–water partition coefficient (Wildman–Crippen LogP) is 3.31. The largest absolute Gasteiger partial charge is 0.375 e. The maximum atomic E-state index is 11.4. The Kier molecular flexibility index (Phi) is 5.33. The molecule has 3 heteroatoms. The van der Waals surface area contributed by atoms with E-state index in [4.69, 9.17) is 0 Å². The van der Waals surface area contributed by atoms with Crippen molar-refractivity contribution in [3.63, 3.8) is 0 Å². The lowest BCUT2D eigenvalue weighted by Crippen LogP contribution is -2.33. The minimum Gasteiger partial charge on any atom is -0.375 e. The molecule has 92 valence electrons. The maximum Gasteiger partial charge on any atom is 0.157 e. The molecule has 0 aromatic rings. The van der Waals surface area contributed by atoms with Crippen LogP contribution in [0.25, 0.3) is 0 Å². The summed E-state index contributed by atoms with van der Waals surface area (Å²) in [4.78, 5) is 13.7. The zero-order valence-corrected chi connectivity index (χ0v) is 10.9. The third-order valence-electron chi connectivity index (χ3n) is 3.76. The van der Waals surface area contributed by atoms with Crippen LogP contribution in [0.1, 0.15) is 51.4 Å². The fraction of sp³-hybridized carbons (Fsp3) is 0.769. The molecule has 0 spiro atoms. The minimum atomic E-state index is 0. The van der Waals surface area contributed by atoms with E-state index in [-0.39, 0.29) is 12.4 Å². The average molecular weight is 244 g/mol. The van der Waals surface area contributed by atoms with Gasteiger partial charge < -0.3 is 4.90 Å². The van der Waals surface area contributed by atoms with E-state index in [1.165, 1.54) is 37.8 Å². The molecule has 0 atom stereocenters. The first-order valence-corrected chi connectivity index (χ1v) is 6.23. The molecule has 0 amide bonds. The van der Waals surface area contributed by atoms with Gasteiger partial charge in [0.25, 0.3) is 0 Å². The first-order valence-electron chi connectivity index (χ1n) is 6.23. The Balaban J connectivity index is 0.00000128. The van der Waals surface area contributed by atoms with Gasteiger partial charge >= 0.3 is 0 Å². The van der Waals surface area contributed by atoms with E-state index in [1.54, 1.807) is 0 Å². The number of nitrogens with zero attached hydrogens (tertiary/aromatic N) is 1. The number of carbonyl (C=O) groups is 1. The van der Waals surface area contributed by atoms with Gasteiger partial charge in [-0.15, -0.1) is 12.4 Å². The van der Waals surface area contributed by atoms with Gasteiger partial charge in [-0.3, -0.25) is 4.79 Å². The van der Waals surface area contributed by atoms with Crippen molar-refractivity contribution >= 4 is 18.2 Å². The zero-order chi connectivity index (χ0) is 10.7. The van der Waals surface area contributed by atoms with E-state index in [2.05, 4.69) is 11.9 Å². The summed E-state index contributed by atoms with van der Waals surface area (Å²) in [5.74, 6) is 0.318. The van der Waals surface area contributed by atoms with Crippen molar-refractivity contribution in [2.45, 2.75) is 57.4 Å². The van der Waals surface area contributed by atoms with Crippen LogP contribution < -0.4 is 0 Å². The summed E-state index contributed by atoms with van der Waals surface area (Å²) in [5, 5.41) is 0. The molecular weight excluding hydrogens is 222 g/mol. The molecule has 0 bridgehead atoms. The second-order valence-electron chi connectivity index (χ2n) is 4.86. The molecule has 2 aliphatic rings. The van der Waals surface area contributed by atoms with Gasteiger partial charge in [0.15, 0.2) is 5.78 Å². The highest BCUT2D eigenvalue weighted by Gasteiger charge is 2.21. The van der Waals surface area contributed by atoms with Gasteiger partial charge in [0.1, 0.15) is 0 Å². The summed E-state index contributed by atoms with van der Waals surface area (Å²) < 4.78 is 0. The summed E-state index contributed by atoms with van der Waals surface area (Å²) in [6.07, 6.45) is 11.5. The lowest BCUT2D eigenvalue weighted by atomic mass is 9.93. The second kappa shape index (κ2) is 6.29. The highest BCUT2D eigenvalue weighted by atomic mass is 35.5. The van der Waals surface area contributed by atoms with Gasteiger partial charge in [-0.1, -0.05) is 19.3 Å². The molecule has 0 aromatic heterocycles. The summed E-state index contributed by atoms with van der Waals surface area (Å²) >= 11 is 0. The molecule has 0 N–H and O–H groups in total. The topological polar surface area (TPSA) is 20.3 Å². The van der Waals surface area contributed by atoms with E-state index >= 15 is 0 Å². The fourth-order valence-corrected chi connectivity index (χ4v) is 2.75. The molecule has 1 fully saturated rings. The third-order valence-corrected chi connectivity index (χ3v) is 3.76.